The van der Waals surface area contributed by atoms with Crippen LogP contribution < -0.4 is 4.74 Å². The van der Waals surface area contributed by atoms with E-state index in [9.17, 15) is 9.59 Å². The van der Waals surface area contributed by atoms with Crippen LogP contribution in [0.1, 0.15) is 64.8 Å². The van der Waals surface area contributed by atoms with Crippen LogP contribution in [-0.2, 0) is 16.0 Å². The highest BCUT2D eigenvalue weighted by atomic mass is 32.2. The molecule has 1 unspecified atom stereocenters. The van der Waals surface area contributed by atoms with Gasteiger partial charge in [0.05, 0.1) is 7.11 Å². The van der Waals surface area contributed by atoms with Crippen molar-refractivity contribution in [1.82, 2.24) is 24.6 Å². The zero-order valence-electron chi connectivity index (χ0n) is 25.0. The molecule has 9 heteroatoms. The Morgan fingerprint density at radius 1 is 0.976 bits per heavy atom. The normalized spacial score (nSPS) is 15.7. The highest BCUT2D eigenvalue weighted by molar-refractivity contribution is 7.99. The minimum absolute atomic E-state index is 0.0346. The van der Waals surface area contributed by atoms with Gasteiger partial charge in [0.1, 0.15) is 11.6 Å². The van der Waals surface area contributed by atoms with E-state index in [4.69, 9.17) is 4.74 Å². The summed E-state index contributed by atoms with van der Waals surface area (Å²) in [6.07, 6.45) is 3.45. The molecule has 0 spiro atoms. The van der Waals surface area contributed by atoms with Gasteiger partial charge < -0.3 is 14.5 Å². The Bertz CT molecular complexity index is 1290. The van der Waals surface area contributed by atoms with Gasteiger partial charge in [0.15, 0.2) is 5.16 Å². The molecule has 2 heterocycles. The van der Waals surface area contributed by atoms with Gasteiger partial charge in [-0.3, -0.25) is 14.2 Å². The van der Waals surface area contributed by atoms with E-state index in [0.717, 1.165) is 41.0 Å². The number of rotatable bonds is 11. The van der Waals surface area contributed by atoms with Crippen molar-refractivity contribution < 1.29 is 14.3 Å². The lowest BCUT2D eigenvalue weighted by Gasteiger charge is -2.41. The van der Waals surface area contributed by atoms with Crippen LogP contribution >= 0.6 is 11.8 Å². The minimum atomic E-state index is -0.0346. The number of amides is 2. The molecule has 3 aromatic rings. The number of benzene rings is 2. The van der Waals surface area contributed by atoms with Gasteiger partial charge in [-0.15, -0.1) is 10.2 Å². The number of nitrogens with zero attached hydrogens (tertiary/aromatic N) is 5. The quantitative estimate of drug-likeness (QED) is 0.217. The van der Waals surface area contributed by atoms with Gasteiger partial charge in [0.2, 0.25) is 11.8 Å². The van der Waals surface area contributed by atoms with Crippen molar-refractivity contribution in [2.45, 2.75) is 71.0 Å². The number of piperazine rings is 1. The molecule has 1 aliphatic heterocycles. The Morgan fingerprint density at radius 2 is 1.71 bits per heavy atom. The molecule has 0 saturated carbocycles. The van der Waals surface area contributed by atoms with Gasteiger partial charge >= 0.3 is 0 Å². The zero-order chi connectivity index (χ0) is 29.4. The molecule has 0 aliphatic carbocycles. The fourth-order valence-corrected chi connectivity index (χ4v) is 6.06. The Balaban J connectivity index is 1.29. The molecule has 0 radical (unpaired) electrons. The van der Waals surface area contributed by atoms with E-state index in [1.54, 1.807) is 18.9 Å². The van der Waals surface area contributed by atoms with Gasteiger partial charge in [-0.2, -0.15) is 0 Å². The lowest BCUT2D eigenvalue weighted by molar-refractivity contribution is -0.143. The van der Waals surface area contributed by atoms with E-state index in [2.05, 4.69) is 47.7 Å². The zero-order valence-corrected chi connectivity index (χ0v) is 25.8. The Hall–Kier alpha value is -3.33. The number of hydrogen-bond donors (Lipinski definition) is 0. The van der Waals surface area contributed by atoms with Gasteiger partial charge in [-0.05, 0) is 55.0 Å². The monoisotopic (exact) mass is 577 g/mol. The first-order valence-corrected chi connectivity index (χ1v) is 15.5. The van der Waals surface area contributed by atoms with Gasteiger partial charge in [0, 0.05) is 56.4 Å². The van der Waals surface area contributed by atoms with Crippen molar-refractivity contribution in [3.05, 3.63) is 66.0 Å². The summed E-state index contributed by atoms with van der Waals surface area (Å²) < 4.78 is 7.46. The number of hydrogen-bond acceptors (Lipinski definition) is 6. The lowest BCUT2D eigenvalue weighted by Crippen LogP contribution is -2.55. The third kappa shape index (κ3) is 8.58. The summed E-state index contributed by atoms with van der Waals surface area (Å²) in [5.74, 6) is 2.89. The Kier molecular flexibility index (Phi) is 10.5. The Labute approximate surface area is 248 Å². The second-order valence-electron chi connectivity index (χ2n) is 11.9. The SMILES string of the molecule is COc1ccc(-n2c(Cc3ccccc3)nnc2SCCCCC(=O)N2CCN(C(=O)CC(C)(C)C)C(C)C2)cc1. The molecule has 220 valence electrons. The molecule has 1 saturated heterocycles. The molecule has 2 amide bonds. The van der Waals surface area contributed by atoms with E-state index in [1.807, 2.05) is 59.2 Å². The predicted molar refractivity (Wildman–Crippen MR) is 164 cm³/mol. The van der Waals surface area contributed by atoms with E-state index in [1.165, 1.54) is 5.56 Å². The molecule has 1 fully saturated rings. The smallest absolute Gasteiger partial charge is 0.223 e. The number of thioether (sulfide) groups is 1. The predicted octanol–water partition coefficient (Wildman–Crippen LogP) is 5.62. The second-order valence-corrected chi connectivity index (χ2v) is 13.0. The summed E-state index contributed by atoms with van der Waals surface area (Å²) in [5.41, 5.74) is 2.14. The molecule has 1 atom stereocenters. The maximum absolute atomic E-state index is 12.9. The van der Waals surface area contributed by atoms with Crippen molar-refractivity contribution in [3.63, 3.8) is 0 Å². The number of unbranched alkanes of at least 4 members (excludes halogenated alkanes) is 1. The summed E-state index contributed by atoms with van der Waals surface area (Å²) in [7, 11) is 1.66. The average Bonchev–Trinajstić information content (AvgIpc) is 3.34. The first-order chi connectivity index (χ1) is 19.6. The summed E-state index contributed by atoms with van der Waals surface area (Å²) in [4.78, 5) is 29.5. The molecule has 1 aliphatic rings. The topological polar surface area (TPSA) is 80.6 Å². The summed E-state index contributed by atoms with van der Waals surface area (Å²) in [6, 6.07) is 18.3. The average molecular weight is 578 g/mol. The van der Waals surface area contributed by atoms with Crippen LogP contribution in [0.25, 0.3) is 5.69 Å². The number of carbonyl (C=O) groups is 2. The highest BCUT2D eigenvalue weighted by Gasteiger charge is 2.31. The third-order valence-corrected chi connectivity index (χ3v) is 8.25. The molecule has 1 aromatic heterocycles. The molecule has 0 bridgehead atoms. The van der Waals surface area contributed by atoms with Crippen LogP contribution in [0, 0.1) is 5.41 Å². The molecule has 0 N–H and O–H groups in total. The summed E-state index contributed by atoms with van der Waals surface area (Å²) in [6.45, 7) is 10.1. The van der Waals surface area contributed by atoms with Crippen LogP contribution in [-0.4, -0.2) is 74.9 Å². The van der Waals surface area contributed by atoms with Crippen molar-refractivity contribution in [2.24, 2.45) is 5.41 Å². The molecular formula is C32H43N5O3S. The Morgan fingerprint density at radius 3 is 2.37 bits per heavy atom. The molecular weight excluding hydrogens is 534 g/mol. The van der Waals surface area contributed by atoms with Crippen molar-refractivity contribution in [1.29, 1.82) is 0 Å². The molecule has 2 aromatic carbocycles. The molecule has 41 heavy (non-hydrogen) atoms. The first-order valence-electron chi connectivity index (χ1n) is 14.5. The van der Waals surface area contributed by atoms with Crippen molar-refractivity contribution in [3.8, 4) is 11.4 Å². The second kappa shape index (κ2) is 14.0. The lowest BCUT2D eigenvalue weighted by atomic mass is 9.91. The van der Waals surface area contributed by atoms with Crippen LogP contribution in [0.5, 0.6) is 5.75 Å². The van der Waals surface area contributed by atoms with Crippen LogP contribution in [0.3, 0.4) is 0 Å². The third-order valence-electron chi connectivity index (χ3n) is 7.23. The van der Waals surface area contributed by atoms with E-state index in [-0.39, 0.29) is 23.3 Å². The highest BCUT2D eigenvalue weighted by Crippen LogP contribution is 2.26. The van der Waals surface area contributed by atoms with Crippen molar-refractivity contribution in [2.75, 3.05) is 32.5 Å². The fourth-order valence-electron chi connectivity index (χ4n) is 5.09. The molecule has 4 rings (SSSR count). The van der Waals surface area contributed by atoms with Gasteiger partial charge in [-0.1, -0.05) is 62.9 Å². The summed E-state index contributed by atoms with van der Waals surface area (Å²) in [5, 5.41) is 9.91. The van der Waals surface area contributed by atoms with Crippen LogP contribution in [0.15, 0.2) is 59.8 Å². The number of methoxy groups -OCH3 is 1. The first kappa shape index (κ1) is 30.6. The van der Waals surface area contributed by atoms with Crippen molar-refractivity contribution >= 4 is 23.6 Å². The van der Waals surface area contributed by atoms with E-state index >= 15 is 0 Å². The number of ether oxygens (including phenoxy) is 1. The number of aromatic nitrogens is 3. The fraction of sp³-hybridized carbons (Fsp3) is 0.500. The van der Waals surface area contributed by atoms with E-state index < -0.39 is 0 Å². The standard InChI is InChI=1S/C32H43N5O3S/c1-24-23-35(18-19-36(24)30(39)22-32(2,3)4)29(38)13-9-10-20-41-31-34-33-28(21-25-11-7-6-8-12-25)37(31)26-14-16-27(40-5)17-15-26/h6-8,11-12,14-17,24H,9-10,13,18-23H2,1-5H3. The van der Waals surface area contributed by atoms with Gasteiger partial charge in [-0.25, -0.2) is 0 Å². The van der Waals surface area contributed by atoms with Crippen LogP contribution in [0.4, 0.5) is 0 Å². The molecule has 8 nitrogen and oxygen atoms in total. The minimum Gasteiger partial charge on any atom is -0.497 e. The largest absolute Gasteiger partial charge is 0.497 e. The van der Waals surface area contributed by atoms with E-state index in [0.29, 0.717) is 38.9 Å². The summed E-state index contributed by atoms with van der Waals surface area (Å²) >= 11 is 1.67. The maximum Gasteiger partial charge on any atom is 0.223 e. The maximum atomic E-state index is 12.9. The van der Waals surface area contributed by atoms with Gasteiger partial charge in [0.25, 0.3) is 0 Å². The van der Waals surface area contributed by atoms with Crippen LogP contribution in [0.2, 0.25) is 0 Å². The number of carbonyl (C=O) groups excluding carboxylic acids is 2.